The number of aliphatic hydroxyl groups is 1. The second-order valence-electron chi connectivity index (χ2n) is 5.21. The number of furan rings is 1. The molecule has 1 aromatic rings. The highest BCUT2D eigenvalue weighted by Gasteiger charge is 2.55. The van der Waals surface area contributed by atoms with Crippen molar-refractivity contribution in [2.45, 2.75) is 43.4 Å². The van der Waals surface area contributed by atoms with E-state index in [1.54, 1.807) is 6.92 Å². The van der Waals surface area contributed by atoms with Crippen LogP contribution in [0.4, 0.5) is 13.2 Å². The van der Waals surface area contributed by atoms with E-state index in [0.29, 0.717) is 5.76 Å². The van der Waals surface area contributed by atoms with Crippen molar-refractivity contribution in [2.75, 3.05) is 13.1 Å². The van der Waals surface area contributed by atoms with Gasteiger partial charge < -0.3 is 9.52 Å². The molecule has 0 atom stereocenters. The van der Waals surface area contributed by atoms with E-state index in [9.17, 15) is 26.7 Å². The number of nitrogens with zero attached hydrogens (tertiary/aromatic N) is 1. The summed E-state index contributed by atoms with van der Waals surface area (Å²) >= 11 is 0. The van der Waals surface area contributed by atoms with Crippen LogP contribution in [0.15, 0.2) is 15.4 Å². The van der Waals surface area contributed by atoms with Crippen LogP contribution in [0.1, 0.15) is 24.4 Å². The second-order valence-corrected chi connectivity index (χ2v) is 7.12. The van der Waals surface area contributed by atoms with E-state index in [1.807, 2.05) is 0 Å². The monoisotopic (exact) mass is 327 g/mol. The molecular formula is C12H16F3NO4S. The molecule has 1 N–H and O–H groups in total. The van der Waals surface area contributed by atoms with E-state index >= 15 is 0 Å². The zero-order valence-electron chi connectivity index (χ0n) is 11.6. The number of rotatable bonds is 2. The molecular weight excluding hydrogens is 311 g/mol. The SMILES string of the molecule is Cc1cc(S(=O)(=O)N2CCC(O)(C(F)(F)F)CC2)c(C)o1. The van der Waals surface area contributed by atoms with E-state index in [2.05, 4.69) is 0 Å². The van der Waals surface area contributed by atoms with Gasteiger partial charge in [-0.15, -0.1) is 0 Å². The highest BCUT2D eigenvalue weighted by atomic mass is 32.2. The van der Waals surface area contributed by atoms with Gasteiger partial charge in [0.1, 0.15) is 16.4 Å². The van der Waals surface area contributed by atoms with Crippen LogP contribution in [0.5, 0.6) is 0 Å². The van der Waals surface area contributed by atoms with Crippen molar-refractivity contribution in [3.63, 3.8) is 0 Å². The summed E-state index contributed by atoms with van der Waals surface area (Å²) in [6.45, 7) is 2.30. The summed E-state index contributed by atoms with van der Waals surface area (Å²) in [4.78, 5) is -0.0440. The number of piperidine rings is 1. The fourth-order valence-electron chi connectivity index (χ4n) is 2.38. The molecule has 2 rings (SSSR count). The molecule has 120 valence electrons. The first-order valence-electron chi connectivity index (χ1n) is 6.34. The maximum atomic E-state index is 12.7. The Kier molecular flexibility index (Phi) is 3.88. The van der Waals surface area contributed by atoms with E-state index in [1.165, 1.54) is 13.0 Å². The summed E-state index contributed by atoms with van der Waals surface area (Å²) in [6.07, 6.45) is -6.11. The number of hydrogen-bond acceptors (Lipinski definition) is 4. The van der Waals surface area contributed by atoms with Crippen molar-refractivity contribution >= 4 is 10.0 Å². The third kappa shape index (κ3) is 2.82. The van der Waals surface area contributed by atoms with E-state index < -0.39 is 34.6 Å². The molecule has 0 saturated carbocycles. The smallest absolute Gasteiger partial charge is 0.417 e. The fraction of sp³-hybridized carbons (Fsp3) is 0.667. The van der Waals surface area contributed by atoms with Crippen LogP contribution in [-0.4, -0.2) is 42.7 Å². The number of hydrogen-bond donors (Lipinski definition) is 1. The number of sulfonamides is 1. The Morgan fingerprint density at radius 2 is 1.81 bits per heavy atom. The third-order valence-electron chi connectivity index (χ3n) is 3.69. The summed E-state index contributed by atoms with van der Waals surface area (Å²) in [5, 5.41) is 9.56. The largest absolute Gasteiger partial charge is 0.465 e. The van der Waals surface area contributed by atoms with Gasteiger partial charge in [-0.3, -0.25) is 0 Å². The average molecular weight is 327 g/mol. The van der Waals surface area contributed by atoms with Crippen LogP contribution in [0.2, 0.25) is 0 Å². The number of alkyl halides is 3. The van der Waals surface area contributed by atoms with Crippen LogP contribution in [0, 0.1) is 13.8 Å². The Morgan fingerprint density at radius 3 is 2.19 bits per heavy atom. The first-order chi connectivity index (χ1) is 9.47. The fourth-order valence-corrected chi connectivity index (χ4v) is 4.04. The number of aryl methyl sites for hydroxylation is 2. The van der Waals surface area contributed by atoms with Gasteiger partial charge in [0, 0.05) is 13.1 Å². The molecule has 0 amide bonds. The molecule has 0 radical (unpaired) electrons. The maximum Gasteiger partial charge on any atom is 0.417 e. The minimum absolute atomic E-state index is 0.0440. The second kappa shape index (κ2) is 4.99. The van der Waals surface area contributed by atoms with E-state index in [4.69, 9.17) is 4.42 Å². The molecule has 0 unspecified atom stereocenters. The van der Waals surface area contributed by atoms with Crippen molar-refractivity contribution in [1.82, 2.24) is 4.31 Å². The van der Waals surface area contributed by atoms with Crippen LogP contribution in [-0.2, 0) is 10.0 Å². The Morgan fingerprint density at radius 1 is 1.29 bits per heavy atom. The molecule has 0 aromatic carbocycles. The van der Waals surface area contributed by atoms with Crippen molar-refractivity contribution in [3.05, 3.63) is 17.6 Å². The molecule has 5 nitrogen and oxygen atoms in total. The van der Waals surface area contributed by atoms with E-state index in [-0.39, 0.29) is 23.7 Å². The predicted molar refractivity (Wildman–Crippen MR) is 67.2 cm³/mol. The lowest BCUT2D eigenvalue weighted by atomic mass is 9.92. The molecule has 1 saturated heterocycles. The molecule has 21 heavy (non-hydrogen) atoms. The Bertz CT molecular complexity index is 627. The minimum Gasteiger partial charge on any atom is -0.465 e. The molecule has 2 heterocycles. The predicted octanol–water partition coefficient (Wildman–Crippen LogP) is 1.97. The summed E-state index contributed by atoms with van der Waals surface area (Å²) < 4.78 is 69.0. The zero-order chi connectivity index (χ0) is 16.1. The quantitative estimate of drug-likeness (QED) is 0.901. The maximum absolute atomic E-state index is 12.7. The van der Waals surface area contributed by atoms with Gasteiger partial charge >= 0.3 is 6.18 Å². The lowest BCUT2D eigenvalue weighted by molar-refractivity contribution is -0.270. The topological polar surface area (TPSA) is 70.8 Å². The first-order valence-corrected chi connectivity index (χ1v) is 7.78. The summed E-state index contributed by atoms with van der Waals surface area (Å²) in [5.74, 6) is 0.610. The molecule has 0 spiro atoms. The normalized spacial score (nSPS) is 20.7. The van der Waals surface area contributed by atoms with Crippen LogP contribution in [0.25, 0.3) is 0 Å². The van der Waals surface area contributed by atoms with Gasteiger partial charge in [0.15, 0.2) is 5.60 Å². The summed E-state index contributed by atoms with van der Waals surface area (Å²) in [5.41, 5.74) is -2.82. The van der Waals surface area contributed by atoms with Crippen molar-refractivity contribution in [3.8, 4) is 0 Å². The molecule has 1 aromatic heterocycles. The lowest BCUT2D eigenvalue weighted by Crippen LogP contribution is -2.54. The Labute approximate surface area is 120 Å². The molecule has 0 aliphatic carbocycles. The average Bonchev–Trinajstić information content (AvgIpc) is 2.68. The third-order valence-corrected chi connectivity index (χ3v) is 5.70. The van der Waals surface area contributed by atoms with Crippen LogP contribution in [0.3, 0.4) is 0 Å². The highest BCUT2D eigenvalue weighted by Crippen LogP contribution is 2.39. The molecule has 1 aliphatic heterocycles. The van der Waals surface area contributed by atoms with Gasteiger partial charge in [0.25, 0.3) is 0 Å². The number of halogens is 3. The first kappa shape index (κ1) is 16.3. The molecule has 0 bridgehead atoms. The van der Waals surface area contributed by atoms with Crippen LogP contribution >= 0.6 is 0 Å². The van der Waals surface area contributed by atoms with Gasteiger partial charge in [0.05, 0.1) is 0 Å². The van der Waals surface area contributed by atoms with Gasteiger partial charge in [-0.2, -0.15) is 17.5 Å². The zero-order valence-corrected chi connectivity index (χ0v) is 12.4. The molecule has 1 aliphatic rings. The van der Waals surface area contributed by atoms with Crippen molar-refractivity contribution in [1.29, 1.82) is 0 Å². The standard InChI is InChI=1S/C12H16F3NO4S/c1-8-7-10(9(2)20-8)21(18,19)16-5-3-11(17,4-6-16)12(13,14)15/h7,17H,3-6H2,1-2H3. The van der Waals surface area contributed by atoms with Crippen molar-refractivity contribution < 1.29 is 31.1 Å². The highest BCUT2D eigenvalue weighted by molar-refractivity contribution is 7.89. The van der Waals surface area contributed by atoms with Crippen molar-refractivity contribution in [2.24, 2.45) is 0 Å². The van der Waals surface area contributed by atoms with Crippen LogP contribution < -0.4 is 0 Å². The van der Waals surface area contributed by atoms with Gasteiger partial charge in [-0.1, -0.05) is 0 Å². The summed E-state index contributed by atoms with van der Waals surface area (Å²) in [6, 6.07) is 1.34. The van der Waals surface area contributed by atoms with Gasteiger partial charge in [-0.05, 0) is 32.8 Å². The Balaban J connectivity index is 2.21. The lowest BCUT2D eigenvalue weighted by Gasteiger charge is -2.38. The molecule has 9 heteroatoms. The summed E-state index contributed by atoms with van der Waals surface area (Å²) in [7, 11) is -3.91. The molecule has 1 fully saturated rings. The van der Waals surface area contributed by atoms with Gasteiger partial charge in [-0.25, -0.2) is 8.42 Å². The van der Waals surface area contributed by atoms with E-state index in [0.717, 1.165) is 4.31 Å². The minimum atomic E-state index is -4.76. The Hall–Kier alpha value is -1.06. The van der Waals surface area contributed by atoms with Gasteiger partial charge in [0.2, 0.25) is 10.0 Å².